The minimum absolute atomic E-state index is 0.0648. The van der Waals surface area contributed by atoms with Crippen LogP contribution in [0.15, 0.2) is 66.7 Å². The van der Waals surface area contributed by atoms with E-state index < -0.39 is 59.2 Å². The van der Waals surface area contributed by atoms with Crippen LogP contribution in [0.25, 0.3) is 22.5 Å². The number of amides is 3. The number of carboxylic acid groups (broad SMARTS) is 2. The van der Waals surface area contributed by atoms with Gasteiger partial charge in [-0.1, -0.05) is 30.3 Å². The van der Waals surface area contributed by atoms with Gasteiger partial charge in [0.05, 0.1) is 5.56 Å². The molecule has 0 aliphatic heterocycles. The average molecular weight is 825 g/mol. The van der Waals surface area contributed by atoms with E-state index >= 15 is 0 Å². The molecule has 1 atom stereocenters. The lowest BCUT2D eigenvalue weighted by molar-refractivity contribution is -0.231. The molecule has 1 heterocycles. The molecule has 59 heavy (non-hydrogen) atoms. The quantitative estimate of drug-likeness (QED) is 0.0720. The number of aliphatic carboxylic acids is 1. The molecule has 3 amide bonds. The van der Waals surface area contributed by atoms with Crippen molar-refractivity contribution in [2.75, 3.05) is 11.9 Å². The minimum Gasteiger partial charge on any atom is -0.478 e. The van der Waals surface area contributed by atoms with Crippen molar-refractivity contribution < 1.29 is 56.5 Å². The molecular weight excluding hydrogens is 780 g/mol. The Hall–Kier alpha value is -6.33. The number of rotatable bonds is 14. The number of carbonyl (C=O) groups excluding carboxylic acids is 3. The number of anilines is 1. The molecule has 1 aliphatic carbocycles. The second-order valence-electron chi connectivity index (χ2n) is 15.4. The lowest BCUT2D eigenvalue weighted by atomic mass is 9.81. The van der Waals surface area contributed by atoms with E-state index in [4.69, 9.17) is 9.84 Å². The van der Waals surface area contributed by atoms with Crippen LogP contribution in [-0.4, -0.2) is 79.4 Å². The van der Waals surface area contributed by atoms with Crippen LogP contribution in [0.2, 0.25) is 0 Å². The van der Waals surface area contributed by atoms with Crippen LogP contribution >= 0.6 is 0 Å². The van der Waals surface area contributed by atoms with Crippen LogP contribution in [0.4, 0.5) is 28.0 Å². The molecule has 4 aromatic rings. The summed E-state index contributed by atoms with van der Waals surface area (Å²) in [6.07, 6.45) is 1.91. The van der Waals surface area contributed by atoms with Crippen molar-refractivity contribution in [2.45, 2.75) is 83.3 Å². The zero-order chi connectivity index (χ0) is 43.3. The summed E-state index contributed by atoms with van der Waals surface area (Å²) in [6.45, 7) is 7.56. The number of halogens is 4. The van der Waals surface area contributed by atoms with Crippen LogP contribution in [-0.2, 0) is 31.5 Å². The highest BCUT2D eigenvalue weighted by atomic mass is 19.3. The van der Waals surface area contributed by atoms with Crippen LogP contribution in [0.1, 0.15) is 73.8 Å². The van der Waals surface area contributed by atoms with Crippen LogP contribution in [0.3, 0.4) is 0 Å². The number of nitrogens with zero attached hydrogens (tertiary/aromatic N) is 2. The normalized spacial score (nSPS) is 16.4. The molecule has 314 valence electrons. The number of ether oxygens (including phenoxy) is 1. The van der Waals surface area contributed by atoms with Gasteiger partial charge in [-0.3, -0.25) is 14.7 Å². The number of alkyl carbamates (subject to hydrolysis) is 1. The number of aromatic amines is 1. The van der Waals surface area contributed by atoms with Gasteiger partial charge >= 0.3 is 29.9 Å². The Morgan fingerprint density at radius 1 is 0.881 bits per heavy atom. The fourth-order valence-corrected chi connectivity index (χ4v) is 6.54. The number of hydrogen-bond acceptors (Lipinski definition) is 8. The lowest BCUT2D eigenvalue weighted by Crippen LogP contribution is -2.48. The van der Waals surface area contributed by atoms with Gasteiger partial charge in [0.1, 0.15) is 11.6 Å². The van der Waals surface area contributed by atoms with Gasteiger partial charge in [0, 0.05) is 30.1 Å². The fourth-order valence-electron chi connectivity index (χ4n) is 6.54. The molecule has 1 aromatic heterocycles. The van der Waals surface area contributed by atoms with E-state index in [2.05, 4.69) is 31.1 Å². The first-order valence-electron chi connectivity index (χ1n) is 18.7. The first-order valence-corrected chi connectivity index (χ1v) is 18.7. The van der Waals surface area contributed by atoms with Gasteiger partial charge in [-0.05, 0) is 118 Å². The summed E-state index contributed by atoms with van der Waals surface area (Å²) in [5.74, 6) is -18.1. The second-order valence-corrected chi connectivity index (χ2v) is 15.4. The van der Waals surface area contributed by atoms with Gasteiger partial charge in [0.15, 0.2) is 5.82 Å². The Morgan fingerprint density at radius 2 is 1.51 bits per heavy atom. The summed E-state index contributed by atoms with van der Waals surface area (Å²) in [7, 11) is 0. The van der Waals surface area contributed by atoms with Gasteiger partial charge in [-0.15, -0.1) is 0 Å². The number of carbonyl (C=O) groups is 5. The van der Waals surface area contributed by atoms with Gasteiger partial charge in [0.25, 0.3) is 0 Å². The summed E-state index contributed by atoms with van der Waals surface area (Å²) >= 11 is 0. The zero-order valence-corrected chi connectivity index (χ0v) is 32.6. The molecule has 0 saturated heterocycles. The maximum atomic E-state index is 14.2. The summed E-state index contributed by atoms with van der Waals surface area (Å²) in [5.41, 5.74) is 2.81. The maximum absolute atomic E-state index is 14.2. The minimum atomic E-state index is -5.47. The average Bonchev–Trinajstić information content (AvgIpc) is 3.68. The zero-order valence-electron chi connectivity index (χ0n) is 32.6. The third kappa shape index (κ3) is 10.8. The number of aromatic carboxylic acids is 1. The highest BCUT2D eigenvalue weighted by molar-refractivity contribution is 5.98. The first-order chi connectivity index (χ1) is 27.6. The van der Waals surface area contributed by atoms with Crippen molar-refractivity contribution in [3.8, 4) is 22.5 Å². The van der Waals surface area contributed by atoms with E-state index in [1.807, 2.05) is 6.92 Å². The summed E-state index contributed by atoms with van der Waals surface area (Å²) in [5, 5.41) is 31.6. The molecule has 18 heteroatoms. The predicted molar refractivity (Wildman–Crippen MR) is 206 cm³/mol. The summed E-state index contributed by atoms with van der Waals surface area (Å²) in [4.78, 5) is 65.3. The first kappa shape index (κ1) is 43.8. The molecule has 1 saturated carbocycles. The number of H-pyrrole nitrogens is 1. The van der Waals surface area contributed by atoms with E-state index in [0.29, 0.717) is 43.4 Å². The smallest absolute Gasteiger partial charge is 0.411 e. The molecule has 1 aliphatic rings. The van der Waals surface area contributed by atoms with Crippen molar-refractivity contribution in [1.29, 1.82) is 0 Å². The standard InChI is InChI=1S/C41H44F4N6O8/c1-22-5-10-28(35(54)55)20-30(22)25-11-6-23(7-12-25)19-31(48-33(52)27-13-8-24(9-14-27)21-46-38(58)59-39(2,3)4)34(53)47-29-17-15-26(16-18-29)32-49-36(51-50-32)40(42,43)41(44,45)37(56)57/h5-7,10-12,15-18,20,24,27,31H,8-9,13-14,19,21H2,1-4H3,(H,46,58)(H,47,53)(H,48,52)(H,54,55)(H,56,57)(H,49,50,51)/t24-,27-,31-/m0/s1. The molecule has 0 unspecified atom stereocenters. The monoisotopic (exact) mass is 824 g/mol. The Labute approximate surface area is 336 Å². The van der Waals surface area contributed by atoms with Crippen molar-refractivity contribution in [1.82, 2.24) is 25.8 Å². The Morgan fingerprint density at radius 3 is 2.10 bits per heavy atom. The van der Waals surface area contributed by atoms with Crippen molar-refractivity contribution in [3.63, 3.8) is 0 Å². The molecule has 14 nitrogen and oxygen atoms in total. The number of nitrogens with one attached hydrogen (secondary N) is 4. The Balaban J connectivity index is 1.29. The molecule has 0 bridgehead atoms. The summed E-state index contributed by atoms with van der Waals surface area (Å²) in [6, 6.07) is 16.3. The number of carboxylic acids is 2. The molecule has 6 N–H and O–H groups in total. The van der Waals surface area contributed by atoms with Crippen molar-refractivity contribution >= 4 is 35.5 Å². The van der Waals surface area contributed by atoms with Crippen molar-refractivity contribution in [3.05, 3.63) is 89.2 Å². The van der Waals surface area contributed by atoms with Gasteiger partial charge in [0.2, 0.25) is 17.6 Å². The Kier molecular flexibility index (Phi) is 13.1. The van der Waals surface area contributed by atoms with Crippen LogP contribution in [0, 0.1) is 18.8 Å². The molecule has 3 aromatic carbocycles. The highest BCUT2D eigenvalue weighted by Gasteiger charge is 2.66. The number of aryl methyl sites for hydroxylation is 1. The van der Waals surface area contributed by atoms with E-state index in [1.165, 1.54) is 30.3 Å². The highest BCUT2D eigenvalue weighted by Crippen LogP contribution is 2.42. The fraction of sp³-hybridized carbons (Fsp3) is 0.390. The van der Waals surface area contributed by atoms with Crippen molar-refractivity contribution in [2.24, 2.45) is 11.8 Å². The topological polar surface area (TPSA) is 213 Å². The summed E-state index contributed by atoms with van der Waals surface area (Å²) < 4.78 is 61.2. The van der Waals surface area contributed by atoms with E-state index in [0.717, 1.165) is 11.1 Å². The number of benzene rings is 3. The van der Waals surface area contributed by atoms with Gasteiger partial charge in [-0.25, -0.2) is 19.4 Å². The molecule has 0 radical (unpaired) electrons. The predicted octanol–water partition coefficient (Wildman–Crippen LogP) is 6.95. The maximum Gasteiger partial charge on any atom is 0.411 e. The third-order valence-electron chi connectivity index (χ3n) is 9.83. The molecule has 0 spiro atoms. The number of aromatic nitrogens is 3. The largest absolute Gasteiger partial charge is 0.478 e. The van der Waals surface area contributed by atoms with Gasteiger partial charge < -0.3 is 30.9 Å². The molecule has 1 fully saturated rings. The van der Waals surface area contributed by atoms with E-state index in [1.54, 1.807) is 57.2 Å². The van der Waals surface area contributed by atoms with E-state index in [9.17, 15) is 46.6 Å². The third-order valence-corrected chi connectivity index (χ3v) is 9.83. The number of hydrogen-bond donors (Lipinski definition) is 6. The molecular formula is C41H44F4N6O8. The van der Waals surface area contributed by atoms with Crippen LogP contribution < -0.4 is 16.0 Å². The Bertz CT molecular complexity index is 2180. The second kappa shape index (κ2) is 17.7. The lowest BCUT2D eigenvalue weighted by Gasteiger charge is -2.29. The van der Waals surface area contributed by atoms with E-state index in [-0.39, 0.29) is 40.9 Å². The van der Waals surface area contributed by atoms with Gasteiger partial charge in [-0.2, -0.15) is 22.7 Å². The SMILES string of the molecule is Cc1ccc(C(=O)O)cc1-c1ccc(C[C@H](NC(=O)[C@H]2CC[C@H](CNC(=O)OC(C)(C)C)CC2)C(=O)Nc2ccc(-c3nc(C(F)(F)C(F)(F)C(=O)O)n[nH]3)cc2)cc1. The van der Waals surface area contributed by atoms with Crippen LogP contribution in [0.5, 0.6) is 0 Å². The number of alkyl halides is 4. The molecule has 5 rings (SSSR count).